The Balaban J connectivity index is 1.71. The zero-order chi connectivity index (χ0) is 19.4. The molecule has 0 fully saturated rings. The Labute approximate surface area is 156 Å². The van der Waals surface area contributed by atoms with Crippen LogP contribution in [0, 0.1) is 18.6 Å². The average molecular weight is 370 g/mol. The molecule has 0 aliphatic rings. The van der Waals surface area contributed by atoms with Crippen LogP contribution in [0.1, 0.15) is 46.6 Å². The summed E-state index contributed by atoms with van der Waals surface area (Å²) in [6.07, 6.45) is 2.09. The number of hydrogen-bond acceptors (Lipinski definition) is 3. The summed E-state index contributed by atoms with van der Waals surface area (Å²) < 4.78 is 28.7. The molecule has 1 aromatic heterocycles. The first-order valence-corrected chi connectivity index (χ1v) is 8.68. The van der Waals surface area contributed by atoms with Gasteiger partial charge in [-0.05, 0) is 31.0 Å². The number of hydrogen-bond donors (Lipinski definition) is 1. The van der Waals surface area contributed by atoms with Gasteiger partial charge in [-0.2, -0.15) is 0 Å². The van der Waals surface area contributed by atoms with Gasteiger partial charge in [0.15, 0.2) is 5.69 Å². The lowest BCUT2D eigenvalue weighted by Crippen LogP contribution is -2.28. The SMILES string of the molecule is CCC(NC(=O)c1cn(Cc2c(F)cccc2F)nn1)c1ccc(C)cc1. The van der Waals surface area contributed by atoms with Crippen molar-refractivity contribution in [1.82, 2.24) is 20.3 Å². The van der Waals surface area contributed by atoms with E-state index in [1.807, 2.05) is 38.1 Å². The van der Waals surface area contributed by atoms with E-state index in [1.54, 1.807) is 0 Å². The molecule has 2 aromatic carbocycles. The highest BCUT2D eigenvalue weighted by molar-refractivity contribution is 5.92. The lowest BCUT2D eigenvalue weighted by molar-refractivity contribution is 0.0930. The van der Waals surface area contributed by atoms with Gasteiger partial charge in [-0.1, -0.05) is 48.0 Å². The van der Waals surface area contributed by atoms with Crippen LogP contribution in [0.25, 0.3) is 0 Å². The third kappa shape index (κ3) is 4.36. The van der Waals surface area contributed by atoms with Crippen LogP contribution in [-0.4, -0.2) is 20.9 Å². The summed E-state index contributed by atoms with van der Waals surface area (Å²) in [6, 6.07) is 11.4. The molecule has 140 valence electrons. The van der Waals surface area contributed by atoms with Crippen LogP contribution < -0.4 is 5.32 Å². The number of amides is 1. The Bertz CT molecular complexity index is 917. The molecule has 0 aliphatic heterocycles. The fourth-order valence-corrected chi connectivity index (χ4v) is 2.78. The maximum atomic E-state index is 13.8. The van der Waals surface area contributed by atoms with Gasteiger partial charge in [0, 0.05) is 5.56 Å². The zero-order valence-corrected chi connectivity index (χ0v) is 15.1. The summed E-state index contributed by atoms with van der Waals surface area (Å²) in [5.74, 6) is -1.72. The van der Waals surface area contributed by atoms with E-state index < -0.39 is 11.6 Å². The molecule has 1 atom stereocenters. The topological polar surface area (TPSA) is 59.8 Å². The summed E-state index contributed by atoms with van der Waals surface area (Å²) in [6.45, 7) is 3.83. The first kappa shape index (κ1) is 18.7. The maximum absolute atomic E-state index is 13.8. The minimum Gasteiger partial charge on any atom is -0.344 e. The number of aryl methyl sites for hydroxylation is 1. The third-order valence-electron chi connectivity index (χ3n) is 4.35. The van der Waals surface area contributed by atoms with E-state index in [2.05, 4.69) is 15.6 Å². The molecular formula is C20H20F2N4O. The molecule has 0 spiro atoms. The largest absolute Gasteiger partial charge is 0.344 e. The Hall–Kier alpha value is -3.09. The van der Waals surface area contributed by atoms with Crippen LogP contribution in [0.5, 0.6) is 0 Å². The summed E-state index contributed by atoms with van der Waals surface area (Å²) in [5, 5.41) is 10.5. The van der Waals surface area contributed by atoms with Crippen molar-refractivity contribution in [2.75, 3.05) is 0 Å². The van der Waals surface area contributed by atoms with Crippen molar-refractivity contribution in [3.05, 3.63) is 82.7 Å². The molecule has 27 heavy (non-hydrogen) atoms. The summed E-state index contributed by atoms with van der Waals surface area (Å²) in [4.78, 5) is 12.5. The van der Waals surface area contributed by atoms with E-state index in [-0.39, 0.29) is 29.8 Å². The number of rotatable bonds is 6. The van der Waals surface area contributed by atoms with E-state index in [0.29, 0.717) is 6.42 Å². The fourth-order valence-electron chi connectivity index (χ4n) is 2.78. The molecule has 0 saturated heterocycles. The van der Waals surface area contributed by atoms with E-state index in [9.17, 15) is 13.6 Å². The van der Waals surface area contributed by atoms with Gasteiger partial charge in [-0.15, -0.1) is 5.10 Å². The highest BCUT2D eigenvalue weighted by Crippen LogP contribution is 2.18. The van der Waals surface area contributed by atoms with Gasteiger partial charge in [0.05, 0.1) is 18.8 Å². The predicted molar refractivity (Wildman–Crippen MR) is 97.2 cm³/mol. The van der Waals surface area contributed by atoms with Gasteiger partial charge in [-0.3, -0.25) is 4.79 Å². The third-order valence-corrected chi connectivity index (χ3v) is 4.35. The van der Waals surface area contributed by atoms with Gasteiger partial charge in [0.25, 0.3) is 5.91 Å². The Kier molecular flexibility index (Phi) is 5.59. The molecule has 7 heteroatoms. The molecule has 5 nitrogen and oxygen atoms in total. The van der Waals surface area contributed by atoms with Crippen LogP contribution in [-0.2, 0) is 6.54 Å². The van der Waals surface area contributed by atoms with Crippen molar-refractivity contribution in [2.45, 2.75) is 32.9 Å². The van der Waals surface area contributed by atoms with Crippen molar-refractivity contribution >= 4 is 5.91 Å². The molecule has 3 aromatic rings. The Morgan fingerprint density at radius 3 is 2.44 bits per heavy atom. The lowest BCUT2D eigenvalue weighted by Gasteiger charge is -2.16. The van der Waals surface area contributed by atoms with Crippen LogP contribution in [0.4, 0.5) is 8.78 Å². The molecule has 0 saturated carbocycles. The normalized spacial score (nSPS) is 12.0. The fraction of sp³-hybridized carbons (Fsp3) is 0.250. The quantitative estimate of drug-likeness (QED) is 0.718. The maximum Gasteiger partial charge on any atom is 0.273 e. The molecule has 1 amide bonds. The van der Waals surface area contributed by atoms with Crippen molar-refractivity contribution in [3.8, 4) is 0 Å². The van der Waals surface area contributed by atoms with Crippen LogP contribution in [0.2, 0.25) is 0 Å². The summed E-state index contributed by atoms with van der Waals surface area (Å²) >= 11 is 0. The number of nitrogens with one attached hydrogen (secondary N) is 1. The highest BCUT2D eigenvalue weighted by atomic mass is 19.1. The smallest absolute Gasteiger partial charge is 0.273 e. The van der Waals surface area contributed by atoms with Gasteiger partial charge in [-0.25, -0.2) is 13.5 Å². The van der Waals surface area contributed by atoms with Gasteiger partial charge >= 0.3 is 0 Å². The first-order chi connectivity index (χ1) is 13.0. The van der Waals surface area contributed by atoms with E-state index in [1.165, 1.54) is 29.1 Å². The van der Waals surface area contributed by atoms with E-state index in [4.69, 9.17) is 0 Å². The second-order valence-corrected chi connectivity index (χ2v) is 6.35. The average Bonchev–Trinajstić information content (AvgIpc) is 3.12. The molecule has 1 N–H and O–H groups in total. The minimum atomic E-state index is -0.665. The zero-order valence-electron chi connectivity index (χ0n) is 15.1. The molecule has 3 rings (SSSR count). The molecule has 1 heterocycles. The van der Waals surface area contributed by atoms with Crippen molar-refractivity contribution in [3.63, 3.8) is 0 Å². The van der Waals surface area contributed by atoms with Gasteiger partial charge < -0.3 is 5.32 Å². The minimum absolute atomic E-state index is 0.0947. The standard InChI is InChI=1S/C20H20F2N4O/c1-3-18(14-9-7-13(2)8-10-14)23-20(27)19-12-26(25-24-19)11-15-16(21)5-4-6-17(15)22/h4-10,12,18H,3,11H2,1-2H3,(H,23,27). The highest BCUT2D eigenvalue weighted by Gasteiger charge is 2.18. The number of halogens is 2. The van der Waals surface area contributed by atoms with Gasteiger partial charge in [0.2, 0.25) is 0 Å². The van der Waals surface area contributed by atoms with Gasteiger partial charge in [0.1, 0.15) is 11.6 Å². The second kappa shape index (κ2) is 8.07. The molecule has 0 radical (unpaired) electrons. The van der Waals surface area contributed by atoms with Crippen LogP contribution >= 0.6 is 0 Å². The first-order valence-electron chi connectivity index (χ1n) is 8.68. The summed E-state index contributed by atoms with van der Waals surface area (Å²) in [5.41, 5.74) is 2.11. The van der Waals surface area contributed by atoms with Crippen molar-refractivity contribution < 1.29 is 13.6 Å². The lowest BCUT2D eigenvalue weighted by atomic mass is 10.0. The molecule has 1 unspecified atom stereocenters. The van der Waals surface area contributed by atoms with Crippen LogP contribution in [0.3, 0.4) is 0 Å². The Morgan fingerprint density at radius 2 is 1.81 bits per heavy atom. The predicted octanol–water partition coefficient (Wildman–Crippen LogP) is 3.79. The van der Waals surface area contributed by atoms with Crippen molar-refractivity contribution in [1.29, 1.82) is 0 Å². The number of carbonyl (C=O) groups excluding carboxylic acids is 1. The van der Waals surface area contributed by atoms with Crippen LogP contribution in [0.15, 0.2) is 48.7 Å². The number of nitrogens with zero attached hydrogens (tertiary/aromatic N) is 3. The molecular weight excluding hydrogens is 350 g/mol. The molecule has 0 aliphatic carbocycles. The number of benzene rings is 2. The second-order valence-electron chi connectivity index (χ2n) is 6.35. The van der Waals surface area contributed by atoms with Crippen molar-refractivity contribution in [2.24, 2.45) is 0 Å². The van der Waals surface area contributed by atoms with E-state index in [0.717, 1.165) is 11.1 Å². The number of carbonyl (C=O) groups is 1. The Morgan fingerprint density at radius 1 is 1.15 bits per heavy atom. The monoisotopic (exact) mass is 370 g/mol. The van der Waals surface area contributed by atoms with E-state index >= 15 is 0 Å². The number of aromatic nitrogens is 3. The molecule has 0 bridgehead atoms. The summed E-state index contributed by atoms with van der Waals surface area (Å²) in [7, 11) is 0.